The third-order valence-corrected chi connectivity index (χ3v) is 3.66. The van der Waals surface area contributed by atoms with Crippen molar-refractivity contribution in [3.8, 4) is 0 Å². The molecule has 0 saturated heterocycles. The number of nitrogens with zero attached hydrogens (tertiary/aromatic N) is 1. The van der Waals surface area contributed by atoms with Crippen LogP contribution in [0.15, 0.2) is 18.2 Å². The van der Waals surface area contributed by atoms with Crippen LogP contribution >= 0.6 is 0 Å². The lowest BCUT2D eigenvalue weighted by atomic mass is 10.1. The van der Waals surface area contributed by atoms with Crippen LogP contribution in [-0.4, -0.2) is 11.4 Å². The first-order valence-corrected chi connectivity index (χ1v) is 6.90. The number of hydrogen-bond acceptors (Lipinski definition) is 2. The van der Waals surface area contributed by atoms with Gasteiger partial charge in [0.05, 0.1) is 0 Å². The number of rotatable bonds is 6. The minimum atomic E-state index is 0.969. The van der Waals surface area contributed by atoms with Crippen LogP contribution in [-0.2, 0) is 13.1 Å². The molecule has 0 atom stereocenters. The van der Waals surface area contributed by atoms with Gasteiger partial charge in [0.25, 0.3) is 0 Å². The van der Waals surface area contributed by atoms with Gasteiger partial charge in [-0.15, -0.1) is 0 Å². The zero-order valence-corrected chi connectivity index (χ0v) is 10.9. The smallest absolute Gasteiger partial charge is 0.0363 e. The number of nitrogens with two attached hydrogens (primary N) is 1. The summed E-state index contributed by atoms with van der Waals surface area (Å²) in [5.41, 5.74) is 9.76. The predicted octanol–water partition coefficient (Wildman–Crippen LogP) is 3.55. The maximum absolute atomic E-state index is 6.00. The largest absolute Gasteiger partial charge is 0.398 e. The molecular weight excluding hydrogens is 208 g/mol. The summed E-state index contributed by atoms with van der Waals surface area (Å²) in [4.78, 5) is 2.52. The number of anilines is 1. The number of benzene rings is 1. The van der Waals surface area contributed by atoms with Crippen molar-refractivity contribution < 1.29 is 0 Å². The maximum Gasteiger partial charge on any atom is 0.0363 e. The number of nitrogen functional groups attached to an aromatic ring is 1. The van der Waals surface area contributed by atoms with Crippen LogP contribution < -0.4 is 5.73 Å². The molecule has 2 heteroatoms. The van der Waals surface area contributed by atoms with Gasteiger partial charge in [0.2, 0.25) is 0 Å². The topological polar surface area (TPSA) is 29.3 Å². The van der Waals surface area contributed by atoms with Gasteiger partial charge < -0.3 is 5.73 Å². The number of unbranched alkanes of at least 4 members (excludes halogenated alkanes) is 4. The number of fused-ring (bicyclic) bond motifs is 1. The lowest BCUT2D eigenvalue weighted by Gasteiger charge is -2.14. The molecule has 0 bridgehead atoms. The molecular formula is C15H24N2. The SMILES string of the molecule is CCCCCCCN1Cc2cccc(N)c2C1. The fourth-order valence-electron chi connectivity index (χ4n) is 2.61. The van der Waals surface area contributed by atoms with E-state index in [0.29, 0.717) is 0 Å². The molecule has 0 aromatic heterocycles. The van der Waals surface area contributed by atoms with E-state index in [-0.39, 0.29) is 0 Å². The molecule has 1 aromatic rings. The van der Waals surface area contributed by atoms with Gasteiger partial charge in [0, 0.05) is 18.8 Å². The highest BCUT2D eigenvalue weighted by atomic mass is 15.1. The highest BCUT2D eigenvalue weighted by Crippen LogP contribution is 2.27. The van der Waals surface area contributed by atoms with E-state index >= 15 is 0 Å². The van der Waals surface area contributed by atoms with Crippen LogP contribution in [0.25, 0.3) is 0 Å². The van der Waals surface area contributed by atoms with E-state index in [0.717, 1.165) is 18.8 Å². The van der Waals surface area contributed by atoms with Gasteiger partial charge in [-0.1, -0.05) is 44.7 Å². The fourth-order valence-corrected chi connectivity index (χ4v) is 2.61. The zero-order valence-electron chi connectivity index (χ0n) is 10.9. The molecule has 1 aliphatic rings. The standard InChI is InChI=1S/C15H24N2/c1-2-3-4-5-6-10-17-11-13-8-7-9-15(16)14(13)12-17/h7-9H,2-6,10-12,16H2,1H3. The number of hydrogen-bond donors (Lipinski definition) is 1. The van der Waals surface area contributed by atoms with Gasteiger partial charge in [-0.2, -0.15) is 0 Å². The summed E-state index contributed by atoms with van der Waals surface area (Å²) >= 11 is 0. The fraction of sp³-hybridized carbons (Fsp3) is 0.600. The highest BCUT2D eigenvalue weighted by Gasteiger charge is 2.19. The van der Waals surface area contributed by atoms with Crippen LogP contribution in [0.5, 0.6) is 0 Å². The van der Waals surface area contributed by atoms with Crippen molar-refractivity contribution in [3.63, 3.8) is 0 Å². The molecule has 1 aliphatic heterocycles. The normalized spacial score (nSPS) is 15.1. The van der Waals surface area contributed by atoms with Crippen LogP contribution in [0.4, 0.5) is 5.69 Å². The van der Waals surface area contributed by atoms with Gasteiger partial charge in [-0.3, -0.25) is 4.90 Å². The summed E-state index contributed by atoms with van der Waals surface area (Å²) < 4.78 is 0. The molecule has 0 saturated carbocycles. The Hall–Kier alpha value is -1.02. The first kappa shape index (κ1) is 12.4. The van der Waals surface area contributed by atoms with Crippen LogP contribution in [0.1, 0.15) is 50.2 Å². The monoisotopic (exact) mass is 232 g/mol. The molecule has 0 spiro atoms. The van der Waals surface area contributed by atoms with Crippen molar-refractivity contribution >= 4 is 5.69 Å². The molecule has 0 aliphatic carbocycles. The molecule has 0 amide bonds. The third-order valence-electron chi connectivity index (χ3n) is 3.66. The molecule has 2 nitrogen and oxygen atoms in total. The Morgan fingerprint density at radius 1 is 1.12 bits per heavy atom. The van der Waals surface area contributed by atoms with E-state index in [1.54, 1.807) is 0 Å². The Balaban J connectivity index is 1.75. The Morgan fingerprint density at radius 3 is 2.71 bits per heavy atom. The highest BCUT2D eigenvalue weighted by molar-refractivity contribution is 5.52. The molecule has 17 heavy (non-hydrogen) atoms. The molecule has 0 radical (unpaired) electrons. The first-order valence-electron chi connectivity index (χ1n) is 6.90. The lowest BCUT2D eigenvalue weighted by molar-refractivity contribution is 0.276. The van der Waals surface area contributed by atoms with Crippen molar-refractivity contribution in [1.82, 2.24) is 4.90 Å². The van der Waals surface area contributed by atoms with E-state index in [4.69, 9.17) is 5.73 Å². The van der Waals surface area contributed by atoms with E-state index < -0.39 is 0 Å². The second kappa shape index (κ2) is 6.06. The summed E-state index contributed by atoms with van der Waals surface area (Å²) in [7, 11) is 0. The van der Waals surface area contributed by atoms with E-state index in [2.05, 4.69) is 24.0 Å². The van der Waals surface area contributed by atoms with Gasteiger partial charge in [-0.05, 0) is 30.2 Å². The summed E-state index contributed by atoms with van der Waals surface area (Å²) in [6.07, 6.45) is 6.79. The second-order valence-corrected chi connectivity index (χ2v) is 5.11. The quantitative estimate of drug-likeness (QED) is 0.600. The van der Waals surface area contributed by atoms with Crippen LogP contribution in [0.3, 0.4) is 0 Å². The Bertz CT molecular complexity index is 360. The molecule has 1 aromatic carbocycles. The van der Waals surface area contributed by atoms with E-state index in [9.17, 15) is 0 Å². The van der Waals surface area contributed by atoms with Crippen molar-refractivity contribution in [3.05, 3.63) is 29.3 Å². The average Bonchev–Trinajstić information content (AvgIpc) is 2.73. The summed E-state index contributed by atoms with van der Waals surface area (Å²) in [5.74, 6) is 0. The average molecular weight is 232 g/mol. The predicted molar refractivity (Wildman–Crippen MR) is 73.7 cm³/mol. The minimum absolute atomic E-state index is 0.969. The van der Waals surface area contributed by atoms with Gasteiger partial charge >= 0.3 is 0 Å². The van der Waals surface area contributed by atoms with Crippen molar-refractivity contribution in [2.24, 2.45) is 0 Å². The summed E-state index contributed by atoms with van der Waals surface area (Å²) in [6, 6.07) is 6.30. The Kier molecular flexibility index (Phi) is 4.43. The lowest BCUT2D eigenvalue weighted by Crippen LogP contribution is -2.17. The van der Waals surface area contributed by atoms with Gasteiger partial charge in [0.15, 0.2) is 0 Å². The van der Waals surface area contributed by atoms with Crippen molar-refractivity contribution in [2.75, 3.05) is 12.3 Å². The second-order valence-electron chi connectivity index (χ2n) is 5.11. The Labute approximate surface area is 105 Å². The van der Waals surface area contributed by atoms with Crippen molar-refractivity contribution in [2.45, 2.75) is 52.1 Å². The minimum Gasteiger partial charge on any atom is -0.398 e. The van der Waals surface area contributed by atoms with Crippen molar-refractivity contribution in [1.29, 1.82) is 0 Å². The first-order chi connectivity index (χ1) is 8.31. The molecule has 94 valence electrons. The van der Waals surface area contributed by atoms with E-state index in [1.807, 2.05) is 6.07 Å². The maximum atomic E-state index is 6.00. The Morgan fingerprint density at radius 2 is 1.94 bits per heavy atom. The molecule has 2 N–H and O–H groups in total. The van der Waals surface area contributed by atoms with Gasteiger partial charge in [0.1, 0.15) is 0 Å². The van der Waals surface area contributed by atoms with Gasteiger partial charge in [-0.25, -0.2) is 0 Å². The molecule has 0 unspecified atom stereocenters. The zero-order chi connectivity index (χ0) is 12.1. The van der Waals surface area contributed by atoms with E-state index in [1.165, 1.54) is 49.8 Å². The summed E-state index contributed by atoms with van der Waals surface area (Å²) in [5, 5.41) is 0. The molecule has 1 heterocycles. The van der Waals surface area contributed by atoms with Crippen LogP contribution in [0.2, 0.25) is 0 Å². The third kappa shape index (κ3) is 3.22. The molecule has 2 rings (SSSR count). The van der Waals surface area contributed by atoms with Crippen LogP contribution in [0, 0.1) is 0 Å². The molecule has 0 fully saturated rings. The summed E-state index contributed by atoms with van der Waals surface area (Å²) in [6.45, 7) is 5.63.